The minimum atomic E-state index is 0.0726. The topological polar surface area (TPSA) is 71.4 Å². The van der Waals surface area contributed by atoms with Gasteiger partial charge in [0, 0.05) is 43.7 Å². The number of H-pyrrole nitrogens is 1. The highest BCUT2D eigenvalue weighted by molar-refractivity contribution is 5.23. The van der Waals surface area contributed by atoms with Crippen molar-refractivity contribution in [2.45, 2.75) is 39.2 Å². The van der Waals surface area contributed by atoms with E-state index in [4.69, 9.17) is 0 Å². The molecule has 0 fully saturated rings. The third-order valence-electron chi connectivity index (χ3n) is 2.93. The van der Waals surface area contributed by atoms with Gasteiger partial charge in [-0.1, -0.05) is 20.8 Å². The van der Waals surface area contributed by atoms with E-state index in [0.717, 1.165) is 31.0 Å². The average Bonchev–Trinajstić information content (AvgIpc) is 2.93. The number of hydrogen-bond donors (Lipinski definition) is 2. The van der Waals surface area contributed by atoms with Crippen molar-refractivity contribution in [2.24, 2.45) is 7.05 Å². The van der Waals surface area contributed by atoms with Crippen molar-refractivity contribution >= 4 is 0 Å². The molecule has 2 heterocycles. The lowest BCUT2D eigenvalue weighted by molar-refractivity contribution is 0.543. The van der Waals surface area contributed by atoms with Gasteiger partial charge in [-0.2, -0.15) is 10.2 Å². The molecule has 19 heavy (non-hydrogen) atoms. The molecule has 0 radical (unpaired) electrons. The Morgan fingerprint density at radius 2 is 2.16 bits per heavy atom. The van der Waals surface area contributed by atoms with Crippen molar-refractivity contribution in [3.05, 3.63) is 29.6 Å². The van der Waals surface area contributed by atoms with Crippen molar-refractivity contribution in [3.8, 4) is 0 Å². The molecule has 0 saturated heterocycles. The molecule has 0 aliphatic rings. The van der Waals surface area contributed by atoms with Crippen molar-refractivity contribution in [3.63, 3.8) is 0 Å². The van der Waals surface area contributed by atoms with Gasteiger partial charge in [-0.25, -0.2) is 4.98 Å². The Morgan fingerprint density at radius 3 is 2.79 bits per heavy atom. The highest BCUT2D eigenvalue weighted by atomic mass is 15.3. The third-order valence-corrected chi connectivity index (χ3v) is 2.93. The molecule has 2 aromatic heterocycles. The van der Waals surface area contributed by atoms with Gasteiger partial charge in [0.25, 0.3) is 0 Å². The van der Waals surface area contributed by atoms with Gasteiger partial charge in [0.2, 0.25) is 0 Å². The molecule has 0 unspecified atom stereocenters. The first-order valence-corrected chi connectivity index (χ1v) is 6.55. The summed E-state index contributed by atoms with van der Waals surface area (Å²) in [5.41, 5.74) is 2.48. The fourth-order valence-electron chi connectivity index (χ4n) is 2.08. The Bertz CT molecular complexity index is 506. The van der Waals surface area contributed by atoms with Crippen LogP contribution in [0.4, 0.5) is 0 Å². The lowest BCUT2D eigenvalue weighted by atomic mass is 9.89. The second-order valence-corrected chi connectivity index (χ2v) is 5.79. The lowest BCUT2D eigenvalue weighted by Crippen LogP contribution is -2.21. The molecular weight excluding hydrogens is 240 g/mol. The first kappa shape index (κ1) is 13.7. The predicted molar refractivity (Wildman–Crippen MR) is 73.7 cm³/mol. The number of aromatic nitrogens is 5. The van der Waals surface area contributed by atoms with Crippen LogP contribution in [0, 0.1) is 0 Å². The van der Waals surface area contributed by atoms with Crippen LogP contribution in [-0.4, -0.2) is 31.5 Å². The van der Waals surface area contributed by atoms with Gasteiger partial charge in [0.1, 0.15) is 12.2 Å². The summed E-state index contributed by atoms with van der Waals surface area (Å²) in [6.45, 7) is 8.26. The maximum atomic E-state index is 4.56. The summed E-state index contributed by atoms with van der Waals surface area (Å²) in [4.78, 5) is 4.10. The zero-order valence-corrected chi connectivity index (χ0v) is 12.1. The standard InChI is InChI=1S/C13H22N6/c1-13(2,3)12-10(8-19(4)18-12)7-14-6-5-11-15-9-16-17-11/h8-9,14H,5-7H2,1-4H3,(H,15,16,17). The summed E-state index contributed by atoms with van der Waals surface area (Å²) in [6.07, 6.45) is 4.47. The van der Waals surface area contributed by atoms with E-state index in [1.807, 2.05) is 11.7 Å². The van der Waals surface area contributed by atoms with E-state index in [9.17, 15) is 0 Å². The van der Waals surface area contributed by atoms with Gasteiger partial charge in [0.15, 0.2) is 0 Å². The summed E-state index contributed by atoms with van der Waals surface area (Å²) >= 11 is 0. The average molecular weight is 262 g/mol. The molecule has 0 aliphatic heterocycles. The maximum Gasteiger partial charge on any atom is 0.137 e. The molecule has 0 aliphatic carbocycles. The number of nitrogens with zero attached hydrogens (tertiary/aromatic N) is 4. The van der Waals surface area contributed by atoms with Crippen molar-refractivity contribution in [2.75, 3.05) is 6.54 Å². The normalized spacial score (nSPS) is 12.0. The molecule has 0 amide bonds. The minimum Gasteiger partial charge on any atom is -0.312 e. The summed E-state index contributed by atoms with van der Waals surface area (Å²) in [5, 5.41) is 14.7. The van der Waals surface area contributed by atoms with Crippen LogP contribution < -0.4 is 5.32 Å². The fourth-order valence-corrected chi connectivity index (χ4v) is 2.08. The molecule has 0 spiro atoms. The summed E-state index contributed by atoms with van der Waals surface area (Å²) in [7, 11) is 1.97. The van der Waals surface area contributed by atoms with E-state index in [-0.39, 0.29) is 5.41 Å². The van der Waals surface area contributed by atoms with Crippen LogP contribution in [0.25, 0.3) is 0 Å². The summed E-state index contributed by atoms with van der Waals surface area (Å²) in [5.74, 6) is 0.912. The van der Waals surface area contributed by atoms with Crippen LogP contribution in [0.5, 0.6) is 0 Å². The van der Waals surface area contributed by atoms with Crippen LogP contribution in [0.3, 0.4) is 0 Å². The Kier molecular flexibility index (Phi) is 3.99. The smallest absolute Gasteiger partial charge is 0.137 e. The Hall–Kier alpha value is -1.69. The fraction of sp³-hybridized carbons (Fsp3) is 0.615. The van der Waals surface area contributed by atoms with Crippen LogP contribution >= 0.6 is 0 Å². The molecule has 0 bridgehead atoms. The second kappa shape index (κ2) is 5.52. The van der Waals surface area contributed by atoms with Crippen molar-refractivity contribution in [1.29, 1.82) is 0 Å². The quantitative estimate of drug-likeness (QED) is 0.793. The molecule has 6 nitrogen and oxygen atoms in total. The predicted octanol–water partition coefficient (Wildman–Crippen LogP) is 1.17. The van der Waals surface area contributed by atoms with E-state index in [1.54, 1.807) is 0 Å². The Balaban J connectivity index is 1.89. The first-order chi connectivity index (χ1) is 8.97. The van der Waals surface area contributed by atoms with Gasteiger partial charge < -0.3 is 5.32 Å². The largest absolute Gasteiger partial charge is 0.312 e. The maximum absolute atomic E-state index is 4.56. The van der Waals surface area contributed by atoms with E-state index < -0.39 is 0 Å². The SMILES string of the molecule is Cn1cc(CNCCc2ncn[nH]2)c(C(C)(C)C)n1. The zero-order chi connectivity index (χ0) is 13.9. The van der Waals surface area contributed by atoms with Crippen molar-refractivity contribution in [1.82, 2.24) is 30.3 Å². The zero-order valence-electron chi connectivity index (χ0n) is 12.1. The molecule has 2 rings (SSSR count). The molecule has 0 saturated carbocycles. The summed E-state index contributed by atoms with van der Waals surface area (Å²) < 4.78 is 1.88. The van der Waals surface area contributed by atoms with Gasteiger partial charge in [-0.3, -0.25) is 9.78 Å². The second-order valence-electron chi connectivity index (χ2n) is 5.79. The molecule has 104 valence electrons. The monoisotopic (exact) mass is 262 g/mol. The molecule has 6 heteroatoms. The van der Waals surface area contributed by atoms with Gasteiger partial charge in [-0.05, 0) is 0 Å². The Morgan fingerprint density at radius 1 is 1.37 bits per heavy atom. The van der Waals surface area contributed by atoms with Crippen molar-refractivity contribution < 1.29 is 0 Å². The minimum absolute atomic E-state index is 0.0726. The molecule has 0 atom stereocenters. The Labute approximate surface area is 113 Å². The van der Waals surface area contributed by atoms with Gasteiger partial charge >= 0.3 is 0 Å². The molecule has 2 aromatic rings. The highest BCUT2D eigenvalue weighted by Gasteiger charge is 2.21. The number of aryl methyl sites for hydroxylation is 1. The number of aromatic amines is 1. The van der Waals surface area contributed by atoms with E-state index >= 15 is 0 Å². The summed E-state index contributed by atoms with van der Waals surface area (Å²) in [6, 6.07) is 0. The first-order valence-electron chi connectivity index (χ1n) is 6.55. The number of nitrogens with one attached hydrogen (secondary N) is 2. The van der Waals surface area contributed by atoms with Gasteiger partial charge in [0.05, 0.1) is 5.69 Å². The number of hydrogen-bond acceptors (Lipinski definition) is 4. The molecular formula is C13H22N6. The van der Waals surface area contributed by atoms with Crippen LogP contribution in [-0.2, 0) is 25.4 Å². The van der Waals surface area contributed by atoms with Crippen LogP contribution in [0.2, 0.25) is 0 Å². The molecule has 0 aromatic carbocycles. The van der Waals surface area contributed by atoms with Crippen LogP contribution in [0.1, 0.15) is 37.9 Å². The van der Waals surface area contributed by atoms with E-state index in [0.29, 0.717) is 0 Å². The van der Waals surface area contributed by atoms with Crippen LogP contribution in [0.15, 0.2) is 12.5 Å². The van der Waals surface area contributed by atoms with E-state index in [1.165, 1.54) is 11.9 Å². The van der Waals surface area contributed by atoms with E-state index in [2.05, 4.69) is 52.6 Å². The number of rotatable bonds is 5. The molecule has 2 N–H and O–H groups in total. The third kappa shape index (κ3) is 3.64. The van der Waals surface area contributed by atoms with Gasteiger partial charge in [-0.15, -0.1) is 0 Å². The lowest BCUT2D eigenvalue weighted by Gasteiger charge is -2.17. The highest BCUT2D eigenvalue weighted by Crippen LogP contribution is 2.23.